The van der Waals surface area contributed by atoms with Gasteiger partial charge in [0, 0.05) is 50.0 Å². The Morgan fingerprint density at radius 3 is 2.56 bits per heavy atom. The fraction of sp³-hybridized carbons (Fsp3) is 0.786. The minimum absolute atomic E-state index is 0.373. The van der Waals surface area contributed by atoms with Crippen molar-refractivity contribution in [3.05, 3.63) is 18.0 Å². The Labute approximate surface area is 110 Å². The molecule has 4 heteroatoms. The Bertz CT molecular complexity index is 385. The molecule has 0 radical (unpaired) electrons. The lowest BCUT2D eigenvalue weighted by Gasteiger charge is -2.22. The average molecular weight is 250 g/mol. The van der Waals surface area contributed by atoms with Gasteiger partial charge in [-0.25, -0.2) is 0 Å². The molecule has 1 N–H and O–H groups in total. The Morgan fingerprint density at radius 2 is 2.06 bits per heavy atom. The molecule has 1 aromatic heterocycles. The molecule has 0 amide bonds. The van der Waals surface area contributed by atoms with Crippen LogP contribution in [0.25, 0.3) is 0 Å². The van der Waals surface area contributed by atoms with Gasteiger partial charge in [0.15, 0.2) is 0 Å². The van der Waals surface area contributed by atoms with Gasteiger partial charge in [0.1, 0.15) is 0 Å². The minimum Gasteiger partial charge on any atom is -0.306 e. The molecule has 0 saturated carbocycles. The van der Waals surface area contributed by atoms with Gasteiger partial charge in [0.05, 0.1) is 6.20 Å². The van der Waals surface area contributed by atoms with Gasteiger partial charge in [0.2, 0.25) is 0 Å². The Hall–Kier alpha value is -0.870. The van der Waals surface area contributed by atoms with E-state index in [1.807, 2.05) is 17.9 Å². The van der Waals surface area contributed by atoms with Crippen molar-refractivity contribution < 1.29 is 0 Å². The van der Waals surface area contributed by atoms with Gasteiger partial charge in [-0.2, -0.15) is 5.10 Å². The summed E-state index contributed by atoms with van der Waals surface area (Å²) in [5, 5.41) is 7.99. The van der Waals surface area contributed by atoms with Crippen molar-refractivity contribution in [1.29, 1.82) is 0 Å². The predicted molar refractivity (Wildman–Crippen MR) is 74.4 cm³/mol. The predicted octanol–water partition coefficient (Wildman–Crippen LogP) is 1.80. The van der Waals surface area contributed by atoms with Crippen molar-refractivity contribution in [2.24, 2.45) is 13.0 Å². The zero-order valence-electron chi connectivity index (χ0n) is 12.2. The maximum atomic E-state index is 4.24. The zero-order valence-corrected chi connectivity index (χ0v) is 12.2. The number of nitrogens with one attached hydrogen (secondary N) is 1. The highest BCUT2D eigenvalue weighted by Crippen LogP contribution is 2.22. The highest BCUT2D eigenvalue weighted by Gasteiger charge is 2.31. The van der Waals surface area contributed by atoms with E-state index < -0.39 is 0 Å². The van der Waals surface area contributed by atoms with Crippen molar-refractivity contribution in [2.45, 2.75) is 45.8 Å². The molecule has 0 bridgehead atoms. The summed E-state index contributed by atoms with van der Waals surface area (Å²) in [5.41, 5.74) is 1.27. The molecule has 18 heavy (non-hydrogen) atoms. The van der Waals surface area contributed by atoms with Crippen LogP contribution in [0.4, 0.5) is 0 Å². The van der Waals surface area contributed by atoms with Crippen LogP contribution in [0.5, 0.6) is 0 Å². The van der Waals surface area contributed by atoms with E-state index in [4.69, 9.17) is 0 Å². The van der Waals surface area contributed by atoms with Gasteiger partial charge < -0.3 is 5.32 Å². The highest BCUT2D eigenvalue weighted by molar-refractivity contribution is 5.10. The van der Waals surface area contributed by atoms with E-state index in [1.165, 1.54) is 12.1 Å². The first-order valence-corrected chi connectivity index (χ1v) is 6.96. The van der Waals surface area contributed by atoms with Crippen LogP contribution in [0, 0.1) is 5.92 Å². The molecule has 0 spiro atoms. The number of hydrogen-bond acceptors (Lipinski definition) is 3. The minimum atomic E-state index is 0.373. The van der Waals surface area contributed by atoms with E-state index in [9.17, 15) is 0 Å². The molecule has 1 saturated heterocycles. The first kappa shape index (κ1) is 13.6. The molecule has 1 aliphatic heterocycles. The van der Waals surface area contributed by atoms with Crippen LogP contribution < -0.4 is 5.32 Å². The van der Waals surface area contributed by atoms with Gasteiger partial charge in [-0.15, -0.1) is 0 Å². The lowest BCUT2D eigenvalue weighted by molar-refractivity contribution is 0.263. The number of likely N-dealkylation sites (tertiary alicyclic amines) is 1. The summed E-state index contributed by atoms with van der Waals surface area (Å²) in [4.78, 5) is 2.55. The zero-order chi connectivity index (χ0) is 13.3. The lowest BCUT2D eigenvalue weighted by Crippen LogP contribution is -2.38. The summed E-state index contributed by atoms with van der Waals surface area (Å²) in [7, 11) is 1.97. The third-order valence-corrected chi connectivity index (χ3v) is 4.06. The van der Waals surface area contributed by atoms with Crippen molar-refractivity contribution in [3.63, 3.8) is 0 Å². The summed E-state index contributed by atoms with van der Waals surface area (Å²) in [6.07, 6.45) is 4.05. The van der Waals surface area contributed by atoms with Crippen molar-refractivity contribution in [2.75, 3.05) is 13.1 Å². The number of hydrogen-bond donors (Lipinski definition) is 1. The molecule has 2 rings (SSSR count). The second-order valence-electron chi connectivity index (χ2n) is 5.97. The lowest BCUT2D eigenvalue weighted by atomic mass is 10.0. The van der Waals surface area contributed by atoms with Crippen molar-refractivity contribution in [3.8, 4) is 0 Å². The molecule has 2 heterocycles. The molecule has 1 fully saturated rings. The van der Waals surface area contributed by atoms with Crippen LogP contribution >= 0.6 is 0 Å². The third-order valence-electron chi connectivity index (χ3n) is 4.06. The van der Waals surface area contributed by atoms with E-state index in [2.05, 4.69) is 49.2 Å². The van der Waals surface area contributed by atoms with Crippen molar-refractivity contribution >= 4 is 0 Å². The van der Waals surface area contributed by atoms with E-state index in [0.29, 0.717) is 24.0 Å². The molecule has 1 aliphatic rings. The molecule has 0 aromatic carbocycles. The number of rotatable bonds is 4. The second kappa shape index (κ2) is 5.41. The number of nitrogens with zero attached hydrogens (tertiary/aromatic N) is 3. The third kappa shape index (κ3) is 2.93. The topological polar surface area (TPSA) is 33.1 Å². The van der Waals surface area contributed by atoms with Gasteiger partial charge >= 0.3 is 0 Å². The van der Waals surface area contributed by atoms with Gasteiger partial charge in [-0.05, 0) is 26.7 Å². The molecule has 1 aromatic rings. The summed E-state index contributed by atoms with van der Waals surface area (Å²) in [6.45, 7) is 11.5. The summed E-state index contributed by atoms with van der Waals surface area (Å²) in [5.74, 6) is 0.714. The van der Waals surface area contributed by atoms with Crippen LogP contribution in [0.2, 0.25) is 0 Å². The Kier molecular flexibility index (Phi) is 4.07. The number of aromatic nitrogens is 2. The maximum Gasteiger partial charge on any atom is 0.0537 e. The standard InChI is InChI=1S/C14H26N4/c1-10(2)18-7-11(3)14(9-18)16-12(4)13-6-15-17(5)8-13/h6,8,10-12,14,16H,7,9H2,1-5H3/t11-,12-,14-/m0/s1. The molecular weight excluding hydrogens is 224 g/mol. The van der Waals surface area contributed by atoms with Gasteiger partial charge in [0.25, 0.3) is 0 Å². The van der Waals surface area contributed by atoms with E-state index in [1.54, 1.807) is 0 Å². The fourth-order valence-electron chi connectivity index (χ4n) is 2.72. The fourth-order valence-corrected chi connectivity index (χ4v) is 2.72. The molecule has 3 atom stereocenters. The van der Waals surface area contributed by atoms with Gasteiger partial charge in [-0.1, -0.05) is 6.92 Å². The quantitative estimate of drug-likeness (QED) is 0.884. The second-order valence-corrected chi connectivity index (χ2v) is 5.97. The van der Waals surface area contributed by atoms with Gasteiger partial charge in [-0.3, -0.25) is 9.58 Å². The molecular formula is C14H26N4. The smallest absolute Gasteiger partial charge is 0.0537 e. The van der Waals surface area contributed by atoms with Crippen molar-refractivity contribution in [1.82, 2.24) is 20.0 Å². The van der Waals surface area contributed by atoms with E-state index >= 15 is 0 Å². The molecule has 0 unspecified atom stereocenters. The molecule has 0 aliphatic carbocycles. The summed E-state index contributed by atoms with van der Waals surface area (Å²) in [6, 6.07) is 1.61. The number of aryl methyl sites for hydroxylation is 1. The monoisotopic (exact) mass is 250 g/mol. The van der Waals surface area contributed by atoms with E-state index in [0.717, 1.165) is 6.54 Å². The first-order chi connectivity index (χ1) is 8.47. The van der Waals surface area contributed by atoms with Crippen LogP contribution in [0.1, 0.15) is 39.3 Å². The van der Waals surface area contributed by atoms with Crippen LogP contribution in [0.3, 0.4) is 0 Å². The average Bonchev–Trinajstić information content (AvgIpc) is 2.86. The SMILES string of the molecule is CC(C)N1C[C@H](N[C@@H](C)c2cnn(C)c2)[C@@H](C)C1. The van der Waals surface area contributed by atoms with Crippen LogP contribution in [-0.4, -0.2) is 39.9 Å². The van der Waals surface area contributed by atoms with E-state index in [-0.39, 0.29) is 0 Å². The Balaban J connectivity index is 1.93. The normalized spacial score (nSPS) is 27.0. The van der Waals surface area contributed by atoms with Crippen LogP contribution in [-0.2, 0) is 7.05 Å². The van der Waals surface area contributed by atoms with Crippen LogP contribution in [0.15, 0.2) is 12.4 Å². The summed E-state index contributed by atoms with van der Waals surface area (Å²) >= 11 is 0. The Morgan fingerprint density at radius 1 is 1.33 bits per heavy atom. The molecule has 102 valence electrons. The molecule has 4 nitrogen and oxygen atoms in total. The maximum absolute atomic E-state index is 4.24. The largest absolute Gasteiger partial charge is 0.306 e. The summed E-state index contributed by atoms with van der Waals surface area (Å²) < 4.78 is 1.87. The first-order valence-electron chi connectivity index (χ1n) is 6.96. The highest BCUT2D eigenvalue weighted by atomic mass is 15.2.